The van der Waals surface area contributed by atoms with Gasteiger partial charge in [0.15, 0.2) is 6.61 Å². The molecule has 1 amide bonds. The highest BCUT2D eigenvalue weighted by Gasteiger charge is 2.37. The first kappa shape index (κ1) is 19.2. The zero-order valence-corrected chi connectivity index (χ0v) is 17.7. The summed E-state index contributed by atoms with van der Waals surface area (Å²) in [6, 6.07) is 22.0. The summed E-state index contributed by atoms with van der Waals surface area (Å²) in [6.45, 7) is 4.18. The number of methoxy groups -OCH3 is 1. The first-order chi connectivity index (χ1) is 15.0. The van der Waals surface area contributed by atoms with Gasteiger partial charge in [0.2, 0.25) is 0 Å². The van der Waals surface area contributed by atoms with E-state index in [1.165, 1.54) is 0 Å². The molecule has 3 aromatic carbocycles. The lowest BCUT2D eigenvalue weighted by molar-refractivity contribution is -0.118. The number of fused-ring (bicyclic) bond motifs is 2. The van der Waals surface area contributed by atoms with Crippen molar-refractivity contribution < 1.29 is 19.0 Å². The van der Waals surface area contributed by atoms with Crippen LogP contribution in [0, 0.1) is 0 Å². The summed E-state index contributed by atoms with van der Waals surface area (Å²) >= 11 is 0. The highest BCUT2D eigenvalue weighted by Crippen LogP contribution is 2.49. The Morgan fingerprint density at radius 1 is 0.935 bits per heavy atom. The van der Waals surface area contributed by atoms with Gasteiger partial charge < -0.3 is 19.5 Å². The minimum absolute atomic E-state index is 0.0355. The zero-order valence-electron chi connectivity index (χ0n) is 17.7. The van der Waals surface area contributed by atoms with Crippen LogP contribution in [0.15, 0.2) is 66.7 Å². The molecule has 0 spiro atoms. The van der Waals surface area contributed by atoms with Gasteiger partial charge in [-0.25, -0.2) is 0 Å². The second kappa shape index (κ2) is 7.20. The standard InChI is InChI=1S/C26H23NO4/c1-26(2)25(16-7-5-4-6-8-16)24(19-11-10-18(29-3)14-22(19)31-26)17-9-12-21-20(13-17)27-23(28)15-30-21/h4-14H,15H2,1-3H3,(H,27,28). The van der Waals surface area contributed by atoms with E-state index in [0.29, 0.717) is 11.4 Å². The Morgan fingerprint density at radius 2 is 1.74 bits per heavy atom. The Balaban J connectivity index is 1.80. The summed E-state index contributed by atoms with van der Waals surface area (Å²) < 4.78 is 17.5. The molecule has 0 unspecified atom stereocenters. The molecule has 2 heterocycles. The molecule has 0 atom stereocenters. The van der Waals surface area contributed by atoms with Gasteiger partial charge in [0, 0.05) is 22.8 Å². The van der Waals surface area contributed by atoms with Gasteiger partial charge in [-0.2, -0.15) is 0 Å². The largest absolute Gasteiger partial charge is 0.497 e. The summed E-state index contributed by atoms with van der Waals surface area (Å²) in [5.74, 6) is 2.02. The molecule has 0 saturated heterocycles. The van der Waals surface area contributed by atoms with Crippen LogP contribution in [-0.4, -0.2) is 25.2 Å². The SMILES string of the molecule is COc1ccc2c(c1)OC(C)(C)C(c1ccccc1)=C2c1ccc2c(c1)NC(=O)CO2. The van der Waals surface area contributed by atoms with E-state index in [1.807, 2.05) is 54.6 Å². The van der Waals surface area contributed by atoms with Crippen LogP contribution < -0.4 is 19.5 Å². The number of amides is 1. The van der Waals surface area contributed by atoms with Crippen LogP contribution in [0.1, 0.15) is 30.5 Å². The van der Waals surface area contributed by atoms with Gasteiger partial charge in [0.05, 0.1) is 12.8 Å². The van der Waals surface area contributed by atoms with Crippen molar-refractivity contribution in [2.75, 3.05) is 19.0 Å². The summed E-state index contributed by atoms with van der Waals surface area (Å²) in [6.07, 6.45) is 0. The van der Waals surface area contributed by atoms with Crippen molar-refractivity contribution in [2.24, 2.45) is 0 Å². The third kappa shape index (κ3) is 3.32. The van der Waals surface area contributed by atoms with Gasteiger partial charge in [-0.05, 0) is 49.2 Å². The van der Waals surface area contributed by atoms with Crippen molar-refractivity contribution >= 4 is 22.7 Å². The van der Waals surface area contributed by atoms with Crippen LogP contribution >= 0.6 is 0 Å². The summed E-state index contributed by atoms with van der Waals surface area (Å²) in [4.78, 5) is 11.9. The fourth-order valence-electron chi connectivity index (χ4n) is 4.32. The first-order valence-electron chi connectivity index (χ1n) is 10.2. The molecule has 3 aromatic rings. The van der Waals surface area contributed by atoms with E-state index in [1.54, 1.807) is 7.11 Å². The number of anilines is 1. The molecule has 2 aliphatic rings. The monoisotopic (exact) mass is 413 g/mol. The van der Waals surface area contributed by atoms with Crippen LogP contribution in [0.25, 0.3) is 11.1 Å². The Bertz CT molecular complexity index is 1210. The number of rotatable bonds is 3. The fraction of sp³-hybridized carbons (Fsp3) is 0.192. The number of nitrogens with one attached hydrogen (secondary N) is 1. The third-order valence-electron chi connectivity index (χ3n) is 5.64. The van der Waals surface area contributed by atoms with Gasteiger partial charge >= 0.3 is 0 Å². The molecular formula is C26H23NO4. The molecule has 0 saturated carbocycles. The van der Waals surface area contributed by atoms with E-state index in [9.17, 15) is 4.79 Å². The highest BCUT2D eigenvalue weighted by molar-refractivity contribution is 6.05. The van der Waals surface area contributed by atoms with Crippen molar-refractivity contribution in [3.63, 3.8) is 0 Å². The van der Waals surface area contributed by atoms with Crippen LogP contribution in [-0.2, 0) is 4.79 Å². The van der Waals surface area contributed by atoms with Gasteiger partial charge in [-0.1, -0.05) is 36.4 Å². The first-order valence-corrected chi connectivity index (χ1v) is 10.2. The Morgan fingerprint density at radius 3 is 2.52 bits per heavy atom. The van der Waals surface area contributed by atoms with Crippen LogP contribution in [0.5, 0.6) is 17.2 Å². The number of ether oxygens (including phenoxy) is 3. The second-order valence-electron chi connectivity index (χ2n) is 8.14. The Labute approximate surface area is 181 Å². The number of hydrogen-bond acceptors (Lipinski definition) is 4. The predicted octanol–water partition coefficient (Wildman–Crippen LogP) is 5.16. The van der Waals surface area contributed by atoms with Gasteiger partial charge in [-0.3, -0.25) is 4.79 Å². The van der Waals surface area contributed by atoms with Crippen LogP contribution in [0.3, 0.4) is 0 Å². The maximum absolute atomic E-state index is 11.9. The normalized spacial score (nSPS) is 16.4. The smallest absolute Gasteiger partial charge is 0.262 e. The average Bonchev–Trinajstić information content (AvgIpc) is 2.77. The molecule has 0 radical (unpaired) electrons. The molecule has 0 aromatic heterocycles. The second-order valence-corrected chi connectivity index (χ2v) is 8.14. The van der Waals surface area contributed by atoms with Gasteiger partial charge in [-0.15, -0.1) is 0 Å². The molecule has 5 nitrogen and oxygen atoms in total. The van der Waals surface area contributed by atoms with Crippen molar-refractivity contribution in [3.05, 3.63) is 83.4 Å². The molecule has 31 heavy (non-hydrogen) atoms. The topological polar surface area (TPSA) is 56.8 Å². The highest BCUT2D eigenvalue weighted by atomic mass is 16.5. The van der Waals surface area contributed by atoms with E-state index >= 15 is 0 Å². The van der Waals surface area contributed by atoms with Gasteiger partial charge in [0.1, 0.15) is 22.8 Å². The summed E-state index contributed by atoms with van der Waals surface area (Å²) in [7, 11) is 1.65. The zero-order chi connectivity index (χ0) is 21.6. The number of hydrogen-bond donors (Lipinski definition) is 1. The number of benzene rings is 3. The molecule has 5 heteroatoms. The van der Waals surface area contributed by atoms with E-state index < -0.39 is 5.60 Å². The lowest BCUT2D eigenvalue weighted by Gasteiger charge is -2.38. The number of carbonyl (C=O) groups excluding carboxylic acids is 1. The molecular weight excluding hydrogens is 390 g/mol. The van der Waals surface area contributed by atoms with E-state index in [-0.39, 0.29) is 12.5 Å². The van der Waals surface area contributed by atoms with Crippen LogP contribution in [0.2, 0.25) is 0 Å². The van der Waals surface area contributed by atoms with Crippen molar-refractivity contribution in [3.8, 4) is 17.2 Å². The molecule has 1 N–H and O–H groups in total. The molecule has 5 rings (SSSR count). The Kier molecular flexibility index (Phi) is 4.47. The number of carbonyl (C=O) groups is 1. The molecule has 2 aliphatic heterocycles. The average molecular weight is 413 g/mol. The van der Waals surface area contributed by atoms with E-state index in [2.05, 4.69) is 31.3 Å². The maximum Gasteiger partial charge on any atom is 0.262 e. The van der Waals surface area contributed by atoms with Crippen molar-refractivity contribution in [2.45, 2.75) is 19.4 Å². The summed E-state index contributed by atoms with van der Waals surface area (Å²) in [5.41, 5.74) is 5.26. The molecule has 0 bridgehead atoms. The predicted molar refractivity (Wildman–Crippen MR) is 121 cm³/mol. The van der Waals surface area contributed by atoms with Crippen molar-refractivity contribution in [1.29, 1.82) is 0 Å². The van der Waals surface area contributed by atoms with Crippen molar-refractivity contribution in [1.82, 2.24) is 0 Å². The lowest BCUT2D eigenvalue weighted by Crippen LogP contribution is -2.34. The molecule has 156 valence electrons. The summed E-state index contributed by atoms with van der Waals surface area (Å²) in [5, 5.41) is 2.92. The third-order valence-corrected chi connectivity index (χ3v) is 5.64. The fourth-order valence-corrected chi connectivity index (χ4v) is 4.32. The van der Waals surface area contributed by atoms with Gasteiger partial charge in [0.25, 0.3) is 5.91 Å². The van der Waals surface area contributed by atoms with E-state index in [4.69, 9.17) is 14.2 Å². The van der Waals surface area contributed by atoms with Crippen LogP contribution in [0.4, 0.5) is 5.69 Å². The lowest BCUT2D eigenvalue weighted by atomic mass is 9.79. The maximum atomic E-state index is 11.9. The molecule has 0 fully saturated rings. The minimum atomic E-state index is -0.592. The quantitative estimate of drug-likeness (QED) is 0.645. The minimum Gasteiger partial charge on any atom is -0.497 e. The molecule has 0 aliphatic carbocycles. The van der Waals surface area contributed by atoms with E-state index in [0.717, 1.165) is 39.3 Å². The Hall–Kier alpha value is -3.73.